The zero-order chi connectivity index (χ0) is 21.2. The number of amides is 1. The molecule has 0 aromatic heterocycles. The van der Waals surface area contributed by atoms with Crippen LogP contribution in [0.15, 0.2) is 48.5 Å². The molecule has 0 aliphatic rings. The Bertz CT molecular complexity index is 868. The van der Waals surface area contributed by atoms with Crippen molar-refractivity contribution in [2.24, 2.45) is 0 Å². The second-order valence-corrected chi connectivity index (χ2v) is 6.93. The third-order valence-corrected chi connectivity index (χ3v) is 4.97. The predicted octanol–water partition coefficient (Wildman–Crippen LogP) is 4.70. The Morgan fingerprint density at radius 1 is 1.10 bits per heavy atom. The molecule has 2 rings (SSSR count). The maximum atomic E-state index is 12.8. The van der Waals surface area contributed by atoms with Gasteiger partial charge in [0.15, 0.2) is 0 Å². The average Bonchev–Trinajstić information content (AvgIpc) is 2.77. The Morgan fingerprint density at radius 3 is 2.38 bits per heavy atom. The summed E-state index contributed by atoms with van der Waals surface area (Å²) in [6.45, 7) is 4.26. The van der Waals surface area contributed by atoms with Crippen LogP contribution < -0.4 is 0 Å². The van der Waals surface area contributed by atoms with E-state index in [-0.39, 0.29) is 5.91 Å². The Kier molecular flexibility index (Phi) is 8.42. The van der Waals surface area contributed by atoms with Gasteiger partial charge >= 0.3 is 5.97 Å². The highest BCUT2D eigenvalue weighted by atomic mass is 16.5. The maximum Gasteiger partial charge on any atom is 0.328 e. The van der Waals surface area contributed by atoms with Crippen molar-refractivity contribution in [3.8, 4) is 17.2 Å². The Morgan fingerprint density at radius 2 is 1.79 bits per heavy atom. The van der Waals surface area contributed by atoms with Crippen molar-refractivity contribution in [3.05, 3.63) is 59.7 Å². The Balaban J connectivity index is 2.27. The third kappa shape index (κ3) is 5.68. The normalized spacial score (nSPS) is 11.4. The molecule has 0 bridgehead atoms. The lowest BCUT2D eigenvalue weighted by Crippen LogP contribution is -2.44. The number of esters is 1. The lowest BCUT2D eigenvalue weighted by molar-refractivity contribution is -0.153. The molecule has 0 radical (unpaired) electrons. The molecule has 2 aromatic carbocycles. The van der Waals surface area contributed by atoms with E-state index in [2.05, 4.69) is 6.07 Å². The van der Waals surface area contributed by atoms with Gasteiger partial charge in [-0.1, -0.05) is 62.7 Å². The number of rotatable bonds is 9. The first-order valence-corrected chi connectivity index (χ1v) is 10.0. The SMILES string of the molecule is CCCCC(=O)N(Cc1ccc(-c2ccccc2C#N)cc1)C(CC)C(=O)OC. The third-order valence-electron chi connectivity index (χ3n) is 4.97. The number of carbonyl (C=O) groups excluding carboxylic acids is 2. The zero-order valence-corrected chi connectivity index (χ0v) is 17.4. The van der Waals surface area contributed by atoms with Gasteiger partial charge in [-0.25, -0.2) is 4.79 Å². The number of benzene rings is 2. The van der Waals surface area contributed by atoms with Crippen molar-refractivity contribution in [2.75, 3.05) is 7.11 Å². The number of hydrogen-bond acceptors (Lipinski definition) is 4. The lowest BCUT2D eigenvalue weighted by atomic mass is 9.99. The van der Waals surface area contributed by atoms with Gasteiger partial charge in [-0.2, -0.15) is 5.26 Å². The smallest absolute Gasteiger partial charge is 0.328 e. The van der Waals surface area contributed by atoms with Crippen LogP contribution in [0.4, 0.5) is 0 Å². The number of nitrogens with zero attached hydrogens (tertiary/aromatic N) is 2. The molecule has 29 heavy (non-hydrogen) atoms. The number of unbranched alkanes of at least 4 members (excludes halogenated alkanes) is 1. The summed E-state index contributed by atoms with van der Waals surface area (Å²) in [4.78, 5) is 26.6. The van der Waals surface area contributed by atoms with E-state index in [0.29, 0.717) is 24.9 Å². The fourth-order valence-electron chi connectivity index (χ4n) is 3.31. The van der Waals surface area contributed by atoms with Crippen LogP contribution >= 0.6 is 0 Å². The summed E-state index contributed by atoms with van der Waals surface area (Å²) < 4.78 is 4.92. The minimum atomic E-state index is -0.594. The molecule has 1 amide bonds. The van der Waals surface area contributed by atoms with Gasteiger partial charge in [-0.3, -0.25) is 4.79 Å². The molecule has 0 heterocycles. The second kappa shape index (κ2) is 11.0. The molecule has 152 valence electrons. The van der Waals surface area contributed by atoms with Crippen LogP contribution in [-0.2, 0) is 20.9 Å². The number of nitriles is 1. The fourth-order valence-corrected chi connectivity index (χ4v) is 3.31. The second-order valence-electron chi connectivity index (χ2n) is 6.93. The minimum absolute atomic E-state index is 0.0389. The van der Waals surface area contributed by atoms with E-state index >= 15 is 0 Å². The van der Waals surface area contributed by atoms with Gasteiger partial charge < -0.3 is 9.64 Å². The molecule has 0 saturated carbocycles. The number of methoxy groups -OCH3 is 1. The molecule has 2 aromatic rings. The minimum Gasteiger partial charge on any atom is -0.467 e. The lowest BCUT2D eigenvalue weighted by Gasteiger charge is -2.29. The average molecular weight is 392 g/mol. The summed E-state index contributed by atoms with van der Waals surface area (Å²) >= 11 is 0. The molecule has 0 N–H and O–H groups in total. The highest BCUT2D eigenvalue weighted by molar-refractivity contribution is 5.84. The summed E-state index contributed by atoms with van der Waals surface area (Å²) in [5.41, 5.74) is 3.36. The van der Waals surface area contributed by atoms with E-state index in [1.807, 2.05) is 56.3 Å². The summed E-state index contributed by atoms with van der Waals surface area (Å²) in [5, 5.41) is 9.31. The summed E-state index contributed by atoms with van der Waals surface area (Å²) in [7, 11) is 1.35. The topological polar surface area (TPSA) is 70.4 Å². The quantitative estimate of drug-likeness (QED) is 0.580. The van der Waals surface area contributed by atoms with Crippen LogP contribution in [0.5, 0.6) is 0 Å². The van der Waals surface area contributed by atoms with Crippen LogP contribution in [0.1, 0.15) is 50.7 Å². The summed E-state index contributed by atoms with van der Waals surface area (Å²) in [6, 6.07) is 16.8. The van der Waals surface area contributed by atoms with Crippen molar-refractivity contribution >= 4 is 11.9 Å². The highest BCUT2D eigenvalue weighted by Crippen LogP contribution is 2.24. The van der Waals surface area contributed by atoms with Crippen molar-refractivity contribution in [3.63, 3.8) is 0 Å². The van der Waals surface area contributed by atoms with Gasteiger partial charge in [0, 0.05) is 13.0 Å². The molecule has 5 nitrogen and oxygen atoms in total. The summed E-state index contributed by atoms with van der Waals surface area (Å²) in [5.74, 6) is -0.431. The molecule has 1 atom stereocenters. The molecular weight excluding hydrogens is 364 g/mol. The number of hydrogen-bond donors (Lipinski definition) is 0. The monoisotopic (exact) mass is 392 g/mol. The molecule has 0 aliphatic carbocycles. The van der Waals surface area contributed by atoms with E-state index in [1.54, 1.807) is 11.0 Å². The Hall–Kier alpha value is -3.13. The largest absolute Gasteiger partial charge is 0.467 e. The standard InChI is InChI=1S/C24H28N2O3/c1-4-6-11-23(27)26(22(5-2)24(28)29-3)17-18-12-14-19(15-13-18)21-10-8-7-9-20(21)16-25/h7-10,12-15,22H,4-6,11,17H2,1-3H3. The first kappa shape index (κ1) is 22.2. The van der Waals surface area contributed by atoms with Gasteiger partial charge in [-0.05, 0) is 35.6 Å². The number of carbonyl (C=O) groups is 2. The molecule has 5 heteroatoms. The van der Waals surface area contributed by atoms with E-state index in [9.17, 15) is 14.9 Å². The van der Waals surface area contributed by atoms with Gasteiger partial charge in [0.2, 0.25) is 5.91 Å². The van der Waals surface area contributed by atoms with E-state index < -0.39 is 12.0 Å². The number of ether oxygens (including phenoxy) is 1. The van der Waals surface area contributed by atoms with E-state index in [0.717, 1.165) is 29.5 Å². The van der Waals surface area contributed by atoms with Gasteiger partial charge in [0.25, 0.3) is 0 Å². The van der Waals surface area contributed by atoms with Gasteiger partial charge in [-0.15, -0.1) is 0 Å². The molecule has 1 unspecified atom stereocenters. The van der Waals surface area contributed by atoms with Crippen molar-refractivity contribution in [2.45, 2.75) is 52.1 Å². The molecular formula is C24H28N2O3. The molecule has 0 aliphatic heterocycles. The van der Waals surface area contributed by atoms with E-state index in [4.69, 9.17) is 4.74 Å². The fraction of sp³-hybridized carbons (Fsp3) is 0.375. The molecule has 0 saturated heterocycles. The van der Waals surface area contributed by atoms with Crippen molar-refractivity contribution in [1.82, 2.24) is 4.90 Å². The van der Waals surface area contributed by atoms with Crippen LogP contribution in [0, 0.1) is 11.3 Å². The first-order valence-electron chi connectivity index (χ1n) is 10.0. The van der Waals surface area contributed by atoms with Gasteiger partial charge in [0.1, 0.15) is 6.04 Å². The first-order chi connectivity index (χ1) is 14.0. The molecule has 0 fully saturated rings. The molecule has 0 spiro atoms. The predicted molar refractivity (Wildman–Crippen MR) is 113 cm³/mol. The van der Waals surface area contributed by atoms with Crippen LogP contribution in [0.3, 0.4) is 0 Å². The Labute approximate surface area is 172 Å². The maximum absolute atomic E-state index is 12.8. The zero-order valence-electron chi connectivity index (χ0n) is 17.4. The highest BCUT2D eigenvalue weighted by Gasteiger charge is 2.28. The summed E-state index contributed by atoms with van der Waals surface area (Å²) in [6.07, 6.45) is 2.62. The van der Waals surface area contributed by atoms with Crippen LogP contribution in [-0.4, -0.2) is 29.9 Å². The van der Waals surface area contributed by atoms with Crippen molar-refractivity contribution < 1.29 is 14.3 Å². The van der Waals surface area contributed by atoms with Crippen LogP contribution in [0.2, 0.25) is 0 Å². The van der Waals surface area contributed by atoms with Crippen LogP contribution in [0.25, 0.3) is 11.1 Å². The van der Waals surface area contributed by atoms with Gasteiger partial charge in [0.05, 0.1) is 18.7 Å². The van der Waals surface area contributed by atoms with Crippen molar-refractivity contribution in [1.29, 1.82) is 5.26 Å². The van der Waals surface area contributed by atoms with E-state index in [1.165, 1.54) is 7.11 Å².